The van der Waals surface area contributed by atoms with Crippen LogP contribution in [0, 0.1) is 0 Å². The Morgan fingerprint density at radius 3 is 1.46 bits per heavy atom. The van der Waals surface area contributed by atoms with E-state index in [1.54, 1.807) is 0 Å². The summed E-state index contributed by atoms with van der Waals surface area (Å²) in [4.78, 5) is 0. The molecule has 0 spiro atoms. The van der Waals surface area contributed by atoms with Gasteiger partial charge in [-0.2, -0.15) is 0 Å². The molecule has 190 valence electrons. The Kier molecular flexibility index (Phi) is 5.45. The molecule has 0 aliphatic carbocycles. The van der Waals surface area contributed by atoms with E-state index in [0.29, 0.717) is 0 Å². The van der Waals surface area contributed by atoms with E-state index >= 15 is 0 Å². The molecule has 6 aromatic carbocycles. The fourth-order valence-corrected chi connectivity index (χ4v) is 5.97. The summed E-state index contributed by atoms with van der Waals surface area (Å²) in [6.45, 7) is 8.45. The molecule has 0 bridgehead atoms. The maximum atomic E-state index is 6.57. The normalized spacial score (nSPS) is 16.4. The lowest BCUT2D eigenvalue weighted by molar-refractivity contribution is 0.00578. The molecule has 1 heterocycles. The zero-order chi connectivity index (χ0) is 26.8. The summed E-state index contributed by atoms with van der Waals surface area (Å²) < 4.78 is 13.1. The third-order valence-electron chi connectivity index (χ3n) is 8.74. The average molecular weight is 506 g/mol. The number of rotatable bonds is 3. The van der Waals surface area contributed by atoms with Crippen LogP contribution in [-0.4, -0.2) is 18.3 Å². The third-order valence-corrected chi connectivity index (χ3v) is 8.74. The highest BCUT2D eigenvalue weighted by atomic mass is 16.7. The molecule has 1 aliphatic heterocycles. The van der Waals surface area contributed by atoms with E-state index in [-0.39, 0.29) is 0 Å². The smallest absolute Gasteiger partial charge is 0.399 e. The standard InChI is InChI=1S/C36H31BO2/c1-35(2)36(3,4)39-37(38-35)33-23-22-31(29-19-10-15-25-13-6-8-17-27(25)29)34-30(20-11-21-32(33)34)28-18-9-14-24-12-5-7-16-26(24)28/h5-23H,1-4H3. The second-order valence-electron chi connectivity index (χ2n) is 11.6. The number of fused-ring (bicyclic) bond motifs is 3. The molecule has 0 unspecified atom stereocenters. The van der Waals surface area contributed by atoms with Crippen molar-refractivity contribution in [3.8, 4) is 22.3 Å². The summed E-state index contributed by atoms with van der Waals surface area (Å²) in [5.41, 5.74) is 5.13. The molecule has 0 saturated carbocycles. The van der Waals surface area contributed by atoms with Gasteiger partial charge in [0.2, 0.25) is 0 Å². The molecule has 0 N–H and O–H groups in total. The highest BCUT2D eigenvalue weighted by Gasteiger charge is 2.52. The maximum Gasteiger partial charge on any atom is 0.495 e. The molecular formula is C36H31BO2. The zero-order valence-corrected chi connectivity index (χ0v) is 22.9. The van der Waals surface area contributed by atoms with Crippen molar-refractivity contribution in [2.45, 2.75) is 38.9 Å². The van der Waals surface area contributed by atoms with Crippen LogP contribution in [0.15, 0.2) is 115 Å². The SMILES string of the molecule is CC1(C)OB(c2ccc(-c3cccc4ccccc34)c3c(-c4cccc5ccccc45)cccc23)OC1(C)C. The average Bonchev–Trinajstić information content (AvgIpc) is 3.17. The van der Waals surface area contributed by atoms with Crippen LogP contribution in [0.25, 0.3) is 54.6 Å². The molecule has 2 nitrogen and oxygen atoms in total. The van der Waals surface area contributed by atoms with Crippen LogP contribution in [-0.2, 0) is 9.31 Å². The van der Waals surface area contributed by atoms with E-state index in [4.69, 9.17) is 9.31 Å². The van der Waals surface area contributed by atoms with Crippen LogP contribution >= 0.6 is 0 Å². The van der Waals surface area contributed by atoms with Gasteiger partial charge in [-0.15, -0.1) is 0 Å². The molecule has 6 aromatic rings. The Morgan fingerprint density at radius 2 is 0.872 bits per heavy atom. The minimum absolute atomic E-state index is 0.411. The predicted molar refractivity (Wildman–Crippen MR) is 166 cm³/mol. The van der Waals surface area contributed by atoms with Gasteiger partial charge in [0.1, 0.15) is 0 Å². The lowest BCUT2D eigenvalue weighted by Gasteiger charge is -2.32. The molecule has 1 fully saturated rings. The summed E-state index contributed by atoms with van der Waals surface area (Å²) in [7, 11) is -0.443. The summed E-state index contributed by atoms with van der Waals surface area (Å²) in [6.07, 6.45) is 0. The molecule has 3 heteroatoms. The second kappa shape index (κ2) is 8.81. The summed E-state index contributed by atoms with van der Waals surface area (Å²) in [6, 6.07) is 41.6. The summed E-state index contributed by atoms with van der Waals surface area (Å²) in [5, 5.41) is 7.35. The van der Waals surface area contributed by atoms with Crippen molar-refractivity contribution < 1.29 is 9.31 Å². The Morgan fingerprint density at radius 1 is 0.436 bits per heavy atom. The number of benzene rings is 6. The molecule has 0 atom stereocenters. The van der Waals surface area contributed by atoms with Crippen molar-refractivity contribution in [2.24, 2.45) is 0 Å². The van der Waals surface area contributed by atoms with E-state index in [9.17, 15) is 0 Å². The lowest BCUT2D eigenvalue weighted by Crippen LogP contribution is -2.41. The minimum Gasteiger partial charge on any atom is -0.399 e. The molecule has 0 aromatic heterocycles. The van der Waals surface area contributed by atoms with Gasteiger partial charge in [0.15, 0.2) is 0 Å². The van der Waals surface area contributed by atoms with Crippen molar-refractivity contribution in [3.63, 3.8) is 0 Å². The van der Waals surface area contributed by atoms with Gasteiger partial charge in [0.05, 0.1) is 11.2 Å². The van der Waals surface area contributed by atoms with Gasteiger partial charge in [-0.3, -0.25) is 0 Å². The number of hydrogen-bond acceptors (Lipinski definition) is 2. The topological polar surface area (TPSA) is 18.5 Å². The van der Waals surface area contributed by atoms with Gasteiger partial charge in [-0.25, -0.2) is 0 Å². The molecule has 1 aliphatic rings. The molecule has 39 heavy (non-hydrogen) atoms. The quantitative estimate of drug-likeness (QED) is 0.223. The predicted octanol–water partition coefficient (Wildman–Crippen LogP) is 8.78. The van der Waals surface area contributed by atoms with Gasteiger partial charge in [-0.05, 0) is 87.7 Å². The van der Waals surface area contributed by atoms with Crippen molar-refractivity contribution in [1.82, 2.24) is 0 Å². The van der Waals surface area contributed by atoms with E-state index in [1.807, 2.05) is 0 Å². The molecule has 7 rings (SSSR count). The van der Waals surface area contributed by atoms with Gasteiger partial charge in [0.25, 0.3) is 0 Å². The van der Waals surface area contributed by atoms with Crippen LogP contribution in [0.2, 0.25) is 0 Å². The van der Waals surface area contributed by atoms with Crippen molar-refractivity contribution in [2.75, 3.05) is 0 Å². The third kappa shape index (κ3) is 3.80. The largest absolute Gasteiger partial charge is 0.495 e. The van der Waals surface area contributed by atoms with Crippen LogP contribution < -0.4 is 5.46 Å². The minimum atomic E-state index is -0.443. The zero-order valence-electron chi connectivity index (χ0n) is 22.9. The van der Waals surface area contributed by atoms with Gasteiger partial charge in [-0.1, -0.05) is 115 Å². The first-order valence-electron chi connectivity index (χ1n) is 13.7. The second-order valence-corrected chi connectivity index (χ2v) is 11.6. The first kappa shape index (κ1) is 24.1. The van der Waals surface area contributed by atoms with Gasteiger partial charge >= 0.3 is 7.12 Å². The summed E-state index contributed by atoms with van der Waals surface area (Å²) in [5.74, 6) is 0. The summed E-state index contributed by atoms with van der Waals surface area (Å²) >= 11 is 0. The Balaban J connectivity index is 1.57. The van der Waals surface area contributed by atoms with Gasteiger partial charge in [0, 0.05) is 0 Å². The van der Waals surface area contributed by atoms with Crippen LogP contribution in [0.3, 0.4) is 0 Å². The van der Waals surface area contributed by atoms with E-state index in [1.165, 1.54) is 49.2 Å². The monoisotopic (exact) mass is 506 g/mol. The Hall–Kier alpha value is -3.92. The first-order chi connectivity index (χ1) is 18.8. The fourth-order valence-electron chi connectivity index (χ4n) is 5.97. The number of hydrogen-bond donors (Lipinski definition) is 0. The highest BCUT2D eigenvalue weighted by Crippen LogP contribution is 2.42. The van der Waals surface area contributed by atoms with Crippen LogP contribution in [0.4, 0.5) is 0 Å². The lowest BCUT2D eigenvalue weighted by atomic mass is 9.73. The van der Waals surface area contributed by atoms with Crippen molar-refractivity contribution in [1.29, 1.82) is 0 Å². The Labute approximate surface area is 230 Å². The first-order valence-corrected chi connectivity index (χ1v) is 13.7. The van der Waals surface area contributed by atoms with Crippen molar-refractivity contribution >= 4 is 44.9 Å². The van der Waals surface area contributed by atoms with E-state index < -0.39 is 18.3 Å². The Bertz CT molecular complexity index is 1770. The maximum absolute atomic E-state index is 6.57. The highest BCUT2D eigenvalue weighted by molar-refractivity contribution is 6.65. The van der Waals surface area contributed by atoms with E-state index in [2.05, 4.69) is 143 Å². The van der Waals surface area contributed by atoms with E-state index in [0.717, 1.165) is 10.8 Å². The molecule has 0 radical (unpaired) electrons. The fraction of sp³-hybridized carbons (Fsp3) is 0.167. The van der Waals surface area contributed by atoms with Crippen LogP contribution in [0.1, 0.15) is 27.7 Å². The molecule has 0 amide bonds. The van der Waals surface area contributed by atoms with Crippen LogP contribution in [0.5, 0.6) is 0 Å². The van der Waals surface area contributed by atoms with Gasteiger partial charge < -0.3 is 9.31 Å². The molecule has 1 saturated heterocycles. The van der Waals surface area contributed by atoms with Crippen molar-refractivity contribution in [3.05, 3.63) is 115 Å². The molecular weight excluding hydrogens is 475 g/mol.